The number of aromatic amines is 1. The number of nitrogens with one attached hydrogen (secondary N) is 2. The topological polar surface area (TPSA) is 83.6 Å². The number of hydrogen-bond donors (Lipinski definition) is 2. The molecule has 1 fully saturated rings. The van der Waals surface area contributed by atoms with E-state index >= 15 is 0 Å². The summed E-state index contributed by atoms with van der Waals surface area (Å²) in [4.78, 5) is 20.0. The normalized spacial score (nSPS) is 21.5. The number of hydrogen-bond acceptors (Lipinski definition) is 5. The molecule has 1 atom stereocenters. The van der Waals surface area contributed by atoms with Crippen LogP contribution in [-0.4, -0.2) is 32.5 Å². The number of fused-ring (bicyclic) bond motifs is 1. The van der Waals surface area contributed by atoms with E-state index in [1.165, 1.54) is 0 Å². The summed E-state index contributed by atoms with van der Waals surface area (Å²) >= 11 is 0. The first-order valence-corrected chi connectivity index (χ1v) is 5.24. The number of H-pyrrole nitrogens is 1. The molecule has 0 aliphatic carbocycles. The first kappa shape index (κ1) is 9.41. The first-order chi connectivity index (χ1) is 7.83. The highest BCUT2D eigenvalue weighted by molar-refractivity contribution is 5.80. The number of carbonyl (C=O) groups is 1. The quantitative estimate of drug-likeness (QED) is 0.720. The third kappa shape index (κ3) is 1.57. The van der Waals surface area contributed by atoms with Crippen LogP contribution < -0.4 is 5.32 Å². The van der Waals surface area contributed by atoms with Gasteiger partial charge in [0.25, 0.3) is 0 Å². The zero-order valence-corrected chi connectivity index (χ0v) is 8.60. The molecule has 1 aliphatic rings. The molecule has 2 aromatic rings. The third-order valence-corrected chi connectivity index (χ3v) is 2.75. The summed E-state index contributed by atoms with van der Waals surface area (Å²) < 4.78 is 0. The molecular weight excluding hydrogens is 206 g/mol. The van der Waals surface area contributed by atoms with Gasteiger partial charge in [-0.25, -0.2) is 9.97 Å². The van der Waals surface area contributed by atoms with Gasteiger partial charge in [-0.05, 0) is 0 Å². The lowest BCUT2D eigenvalue weighted by Crippen LogP contribution is -2.32. The zero-order valence-electron chi connectivity index (χ0n) is 8.60. The maximum atomic E-state index is 11.3. The monoisotopic (exact) mass is 217 g/mol. The van der Waals surface area contributed by atoms with Gasteiger partial charge < -0.3 is 5.32 Å². The molecule has 0 spiro atoms. The van der Waals surface area contributed by atoms with Gasteiger partial charge in [0.15, 0.2) is 0 Å². The molecule has 0 aromatic carbocycles. The predicted molar refractivity (Wildman–Crippen MR) is 56.7 cm³/mol. The van der Waals surface area contributed by atoms with Gasteiger partial charge in [0.2, 0.25) is 0 Å². The molecule has 6 heteroatoms. The van der Waals surface area contributed by atoms with Crippen LogP contribution >= 0.6 is 0 Å². The maximum Gasteiger partial charge on any atom is 0.146 e. The van der Waals surface area contributed by atoms with Crippen LogP contribution in [0.25, 0.3) is 11.0 Å². The molecule has 3 heterocycles. The van der Waals surface area contributed by atoms with Gasteiger partial charge in [0.1, 0.15) is 22.6 Å². The van der Waals surface area contributed by atoms with E-state index in [0.717, 1.165) is 11.0 Å². The van der Waals surface area contributed by atoms with Crippen LogP contribution in [0.3, 0.4) is 0 Å². The second-order valence-corrected chi connectivity index (χ2v) is 3.90. The summed E-state index contributed by atoms with van der Waals surface area (Å²) in [5, 5.41) is 9.93. The first-order valence-electron chi connectivity index (χ1n) is 5.24. The van der Waals surface area contributed by atoms with Crippen molar-refractivity contribution >= 4 is 16.8 Å². The molecule has 2 N–H and O–H groups in total. The summed E-state index contributed by atoms with van der Waals surface area (Å²) in [5.41, 5.74) is 1.59. The summed E-state index contributed by atoms with van der Waals surface area (Å²) in [6.45, 7) is 0.705. The van der Waals surface area contributed by atoms with Crippen LogP contribution in [0.2, 0.25) is 0 Å². The highest BCUT2D eigenvalue weighted by atomic mass is 16.1. The largest absolute Gasteiger partial charge is 0.306 e. The molecule has 1 unspecified atom stereocenters. The maximum absolute atomic E-state index is 11.3. The average molecular weight is 217 g/mol. The minimum Gasteiger partial charge on any atom is -0.306 e. The summed E-state index contributed by atoms with van der Waals surface area (Å²) in [7, 11) is 0. The molecule has 0 radical (unpaired) electrons. The lowest BCUT2D eigenvalue weighted by molar-refractivity contribution is -0.120. The molecule has 1 saturated heterocycles. The number of carbonyl (C=O) groups excluding carboxylic acids is 1. The van der Waals surface area contributed by atoms with E-state index < -0.39 is 0 Å². The van der Waals surface area contributed by atoms with E-state index in [1.807, 2.05) is 0 Å². The number of rotatable bonds is 1. The van der Waals surface area contributed by atoms with Crippen molar-refractivity contribution < 1.29 is 4.79 Å². The molecule has 2 aromatic heterocycles. The Morgan fingerprint density at radius 2 is 2.31 bits per heavy atom. The van der Waals surface area contributed by atoms with Crippen molar-refractivity contribution in [3.63, 3.8) is 0 Å². The molecule has 6 nitrogen and oxygen atoms in total. The number of piperidine rings is 1. The van der Waals surface area contributed by atoms with Gasteiger partial charge in [-0.3, -0.25) is 9.89 Å². The van der Waals surface area contributed by atoms with Gasteiger partial charge in [-0.2, -0.15) is 5.10 Å². The Morgan fingerprint density at radius 3 is 3.19 bits per heavy atom. The number of aromatic nitrogens is 4. The Kier molecular flexibility index (Phi) is 2.14. The second-order valence-electron chi connectivity index (χ2n) is 3.90. The highest BCUT2D eigenvalue weighted by Gasteiger charge is 2.22. The van der Waals surface area contributed by atoms with E-state index in [4.69, 9.17) is 0 Å². The van der Waals surface area contributed by atoms with E-state index in [9.17, 15) is 4.79 Å². The van der Waals surface area contributed by atoms with E-state index in [-0.39, 0.29) is 11.8 Å². The van der Waals surface area contributed by atoms with E-state index in [1.54, 1.807) is 12.4 Å². The number of nitrogens with zero attached hydrogens (tertiary/aromatic N) is 3. The van der Waals surface area contributed by atoms with Crippen LogP contribution in [0.4, 0.5) is 0 Å². The fraction of sp³-hybridized carbons (Fsp3) is 0.400. The average Bonchev–Trinajstić information content (AvgIpc) is 2.75. The van der Waals surface area contributed by atoms with Crippen molar-refractivity contribution in [3.8, 4) is 0 Å². The van der Waals surface area contributed by atoms with Crippen molar-refractivity contribution in [1.29, 1.82) is 0 Å². The van der Waals surface area contributed by atoms with E-state index in [0.29, 0.717) is 25.2 Å². The molecule has 82 valence electrons. The van der Waals surface area contributed by atoms with Crippen LogP contribution in [0.1, 0.15) is 24.7 Å². The SMILES string of the molecule is O=C1CCNC(c2ncc3[nH]ncc3n2)C1. The van der Waals surface area contributed by atoms with Crippen LogP contribution in [-0.2, 0) is 4.79 Å². The van der Waals surface area contributed by atoms with Crippen LogP contribution in [0, 0.1) is 0 Å². The Hall–Kier alpha value is -1.82. The van der Waals surface area contributed by atoms with Crippen molar-refractivity contribution in [1.82, 2.24) is 25.5 Å². The molecule has 16 heavy (non-hydrogen) atoms. The number of Topliss-reactive ketones (excluding diaryl/α,β-unsaturated/α-hetero) is 1. The Balaban J connectivity index is 1.95. The Morgan fingerprint density at radius 1 is 1.38 bits per heavy atom. The van der Waals surface area contributed by atoms with Crippen LogP contribution in [0.5, 0.6) is 0 Å². The Labute approximate surface area is 91.5 Å². The molecule has 0 amide bonds. The minimum atomic E-state index is -0.0550. The fourth-order valence-corrected chi connectivity index (χ4v) is 1.90. The van der Waals surface area contributed by atoms with Crippen LogP contribution in [0.15, 0.2) is 12.4 Å². The minimum absolute atomic E-state index is 0.0550. The number of ketones is 1. The highest BCUT2D eigenvalue weighted by Crippen LogP contribution is 2.18. The molecular formula is C10H11N5O. The van der Waals surface area contributed by atoms with Crippen molar-refractivity contribution in [2.24, 2.45) is 0 Å². The third-order valence-electron chi connectivity index (χ3n) is 2.75. The second kappa shape index (κ2) is 3.64. The molecule has 0 saturated carbocycles. The van der Waals surface area contributed by atoms with Crippen molar-refractivity contribution in [2.75, 3.05) is 6.54 Å². The Bertz CT molecular complexity index is 535. The van der Waals surface area contributed by atoms with E-state index in [2.05, 4.69) is 25.5 Å². The van der Waals surface area contributed by atoms with Gasteiger partial charge in [0, 0.05) is 19.4 Å². The molecule has 3 rings (SSSR count). The predicted octanol–water partition coefficient (Wildman–Crippen LogP) is 0.346. The van der Waals surface area contributed by atoms with Gasteiger partial charge in [-0.15, -0.1) is 0 Å². The van der Waals surface area contributed by atoms with Gasteiger partial charge in [0.05, 0.1) is 18.4 Å². The lowest BCUT2D eigenvalue weighted by atomic mass is 10.0. The van der Waals surface area contributed by atoms with Crippen molar-refractivity contribution in [3.05, 3.63) is 18.2 Å². The van der Waals surface area contributed by atoms with Gasteiger partial charge in [-0.1, -0.05) is 0 Å². The summed E-state index contributed by atoms with van der Waals surface area (Å²) in [6, 6.07) is -0.0550. The molecule has 0 bridgehead atoms. The lowest BCUT2D eigenvalue weighted by Gasteiger charge is -2.20. The summed E-state index contributed by atoms with van der Waals surface area (Å²) in [6.07, 6.45) is 4.43. The summed E-state index contributed by atoms with van der Waals surface area (Å²) in [5.74, 6) is 0.932. The van der Waals surface area contributed by atoms with Crippen molar-refractivity contribution in [2.45, 2.75) is 18.9 Å². The standard InChI is InChI=1S/C10H11N5O/c16-6-1-2-11-7(3-6)10-12-4-9-8(14-10)5-13-15-9/h4-5,7,11H,1-3H2,(H,13,15). The smallest absolute Gasteiger partial charge is 0.146 e. The molecule has 1 aliphatic heterocycles. The fourth-order valence-electron chi connectivity index (χ4n) is 1.90. The van der Waals surface area contributed by atoms with Gasteiger partial charge >= 0.3 is 0 Å². The zero-order chi connectivity index (χ0) is 11.0.